The summed E-state index contributed by atoms with van der Waals surface area (Å²) >= 11 is 7.42. The average Bonchev–Trinajstić information content (AvgIpc) is 2.55. The van der Waals surface area contributed by atoms with Gasteiger partial charge in [0.15, 0.2) is 0 Å². The van der Waals surface area contributed by atoms with Gasteiger partial charge in [-0.1, -0.05) is 53.6 Å². The van der Waals surface area contributed by atoms with E-state index >= 15 is 0 Å². The Morgan fingerprint density at radius 1 is 1.13 bits per heavy atom. The van der Waals surface area contributed by atoms with Crippen LogP contribution in [0.5, 0.6) is 0 Å². The van der Waals surface area contributed by atoms with Crippen LogP contribution in [-0.2, 0) is 10.5 Å². The van der Waals surface area contributed by atoms with Gasteiger partial charge in [0, 0.05) is 10.8 Å². The lowest BCUT2D eigenvalue weighted by Gasteiger charge is -2.04. The minimum absolute atomic E-state index is 0.101. The number of aryl methyl sites for hydroxylation is 1. The minimum Gasteiger partial charge on any atom is -0.272 e. The van der Waals surface area contributed by atoms with Gasteiger partial charge in [-0.2, -0.15) is 5.10 Å². The van der Waals surface area contributed by atoms with E-state index in [4.69, 9.17) is 11.6 Å². The molecule has 0 saturated carbocycles. The van der Waals surface area contributed by atoms with E-state index < -0.39 is 0 Å². The fourth-order valence-corrected chi connectivity index (χ4v) is 2.79. The number of hydrazone groups is 1. The van der Waals surface area contributed by atoms with Crippen molar-refractivity contribution in [1.82, 2.24) is 5.43 Å². The van der Waals surface area contributed by atoms with Crippen molar-refractivity contribution in [1.29, 1.82) is 0 Å². The van der Waals surface area contributed by atoms with E-state index in [0.717, 1.165) is 17.0 Å². The molecule has 23 heavy (non-hydrogen) atoms. The largest absolute Gasteiger partial charge is 0.272 e. The fraction of sp³-hybridized carbons (Fsp3) is 0.222. The second kappa shape index (κ2) is 8.75. The van der Waals surface area contributed by atoms with Gasteiger partial charge in [0.05, 0.1) is 11.5 Å². The predicted octanol–water partition coefficient (Wildman–Crippen LogP) is 4.42. The number of thioether (sulfide) groups is 1. The molecule has 3 nitrogen and oxygen atoms in total. The molecule has 0 aliphatic carbocycles. The molecule has 0 saturated heterocycles. The normalized spacial score (nSPS) is 11.3. The minimum atomic E-state index is -0.101. The van der Waals surface area contributed by atoms with E-state index in [1.54, 1.807) is 23.9 Å². The van der Waals surface area contributed by atoms with Crippen LogP contribution in [0.2, 0.25) is 5.02 Å². The van der Waals surface area contributed by atoms with Crippen LogP contribution in [0.4, 0.5) is 0 Å². The summed E-state index contributed by atoms with van der Waals surface area (Å²) in [5.41, 5.74) is 6.72. The summed E-state index contributed by atoms with van der Waals surface area (Å²) in [7, 11) is 0. The quantitative estimate of drug-likeness (QED) is 0.621. The molecule has 1 amide bonds. The van der Waals surface area contributed by atoms with E-state index in [1.807, 2.05) is 19.1 Å². The van der Waals surface area contributed by atoms with Gasteiger partial charge in [0.2, 0.25) is 5.91 Å². The van der Waals surface area contributed by atoms with Crippen LogP contribution < -0.4 is 5.43 Å². The van der Waals surface area contributed by atoms with Crippen LogP contribution in [0.1, 0.15) is 23.6 Å². The van der Waals surface area contributed by atoms with Crippen molar-refractivity contribution in [3.8, 4) is 0 Å². The van der Waals surface area contributed by atoms with Crippen molar-refractivity contribution in [3.05, 3.63) is 70.2 Å². The third-order valence-corrected chi connectivity index (χ3v) is 4.49. The van der Waals surface area contributed by atoms with E-state index in [1.165, 1.54) is 11.1 Å². The summed E-state index contributed by atoms with van der Waals surface area (Å²) in [5, 5.41) is 4.80. The monoisotopic (exact) mass is 346 g/mol. The van der Waals surface area contributed by atoms with Crippen LogP contribution in [0.25, 0.3) is 0 Å². The number of nitrogens with zero attached hydrogens (tertiary/aromatic N) is 1. The van der Waals surface area contributed by atoms with Gasteiger partial charge >= 0.3 is 0 Å². The Hall–Kier alpha value is -1.78. The van der Waals surface area contributed by atoms with Crippen molar-refractivity contribution < 1.29 is 4.79 Å². The molecule has 120 valence electrons. The lowest BCUT2D eigenvalue weighted by atomic mass is 10.1. The van der Waals surface area contributed by atoms with Gasteiger partial charge in [-0.25, -0.2) is 5.43 Å². The third kappa shape index (κ3) is 6.08. The van der Waals surface area contributed by atoms with Gasteiger partial charge < -0.3 is 0 Å². The lowest BCUT2D eigenvalue weighted by molar-refractivity contribution is -0.118. The first kappa shape index (κ1) is 17.6. The number of hydrogen-bond acceptors (Lipinski definition) is 3. The SMILES string of the molecule is C/C(=N/NC(=O)CSCc1ccc(C)cc1)c1ccc(Cl)cc1. The number of amides is 1. The van der Waals surface area contributed by atoms with Gasteiger partial charge in [-0.15, -0.1) is 11.8 Å². The van der Waals surface area contributed by atoms with Crippen LogP contribution in [0, 0.1) is 6.92 Å². The summed E-state index contributed by atoms with van der Waals surface area (Å²) in [5.74, 6) is 1.09. The van der Waals surface area contributed by atoms with E-state index in [2.05, 4.69) is 41.7 Å². The Morgan fingerprint density at radius 2 is 1.78 bits per heavy atom. The number of carbonyl (C=O) groups excluding carboxylic acids is 1. The molecular weight excluding hydrogens is 328 g/mol. The van der Waals surface area contributed by atoms with Crippen molar-refractivity contribution in [3.63, 3.8) is 0 Å². The molecule has 5 heteroatoms. The van der Waals surface area contributed by atoms with E-state index in [9.17, 15) is 4.79 Å². The first-order valence-corrected chi connectivity index (χ1v) is 8.80. The number of hydrogen-bond donors (Lipinski definition) is 1. The summed E-state index contributed by atoms with van der Waals surface area (Å²) < 4.78 is 0. The van der Waals surface area contributed by atoms with Crippen molar-refractivity contribution in [2.24, 2.45) is 5.10 Å². The number of benzene rings is 2. The first-order valence-electron chi connectivity index (χ1n) is 7.27. The Labute approximate surface area is 146 Å². The molecule has 0 radical (unpaired) electrons. The average molecular weight is 347 g/mol. The zero-order valence-electron chi connectivity index (χ0n) is 13.2. The van der Waals surface area contributed by atoms with Gasteiger partial charge in [0.25, 0.3) is 0 Å². The molecule has 0 aliphatic heterocycles. The van der Waals surface area contributed by atoms with Crippen LogP contribution in [0.3, 0.4) is 0 Å². The van der Waals surface area contributed by atoms with E-state index in [0.29, 0.717) is 10.8 Å². The Balaban J connectivity index is 1.77. The molecule has 1 N–H and O–H groups in total. The highest BCUT2D eigenvalue weighted by Gasteiger charge is 2.02. The lowest BCUT2D eigenvalue weighted by Crippen LogP contribution is -2.21. The van der Waals surface area contributed by atoms with Crippen LogP contribution in [-0.4, -0.2) is 17.4 Å². The molecule has 0 aliphatic rings. The smallest absolute Gasteiger partial charge is 0.250 e. The van der Waals surface area contributed by atoms with Gasteiger partial charge in [-0.05, 0) is 37.1 Å². The molecule has 2 aromatic rings. The molecular formula is C18H19ClN2OS. The summed E-state index contributed by atoms with van der Waals surface area (Å²) in [4.78, 5) is 11.8. The standard InChI is InChI=1S/C18H19ClN2OS/c1-13-3-5-15(6-4-13)11-23-12-18(22)21-20-14(2)16-7-9-17(19)10-8-16/h3-10H,11-12H2,1-2H3,(H,21,22)/b20-14-. The van der Waals surface area contributed by atoms with Crippen LogP contribution in [0.15, 0.2) is 53.6 Å². The first-order chi connectivity index (χ1) is 11.0. The zero-order chi connectivity index (χ0) is 16.7. The number of carbonyl (C=O) groups is 1. The highest BCUT2D eigenvalue weighted by Crippen LogP contribution is 2.13. The Kier molecular flexibility index (Phi) is 6.68. The summed E-state index contributed by atoms with van der Waals surface area (Å²) in [6, 6.07) is 15.7. The molecule has 0 bridgehead atoms. The van der Waals surface area contributed by atoms with Crippen LogP contribution >= 0.6 is 23.4 Å². The van der Waals surface area contributed by atoms with Crippen molar-refractivity contribution in [2.75, 3.05) is 5.75 Å². The molecule has 0 spiro atoms. The summed E-state index contributed by atoms with van der Waals surface area (Å²) in [6.45, 7) is 3.91. The molecule has 0 atom stereocenters. The zero-order valence-corrected chi connectivity index (χ0v) is 14.7. The highest BCUT2D eigenvalue weighted by atomic mass is 35.5. The molecule has 0 unspecified atom stereocenters. The number of rotatable bonds is 6. The maximum absolute atomic E-state index is 11.8. The maximum Gasteiger partial charge on any atom is 0.250 e. The van der Waals surface area contributed by atoms with Gasteiger partial charge in [0.1, 0.15) is 0 Å². The Bertz CT molecular complexity index is 681. The molecule has 0 heterocycles. The topological polar surface area (TPSA) is 41.5 Å². The second-order valence-electron chi connectivity index (χ2n) is 5.22. The maximum atomic E-state index is 11.8. The van der Waals surface area contributed by atoms with Crippen molar-refractivity contribution >= 4 is 35.0 Å². The van der Waals surface area contributed by atoms with Crippen molar-refractivity contribution in [2.45, 2.75) is 19.6 Å². The second-order valence-corrected chi connectivity index (χ2v) is 6.64. The predicted molar refractivity (Wildman–Crippen MR) is 99.1 cm³/mol. The molecule has 2 rings (SSSR count). The van der Waals surface area contributed by atoms with E-state index in [-0.39, 0.29) is 5.91 Å². The fourth-order valence-electron chi connectivity index (χ4n) is 1.88. The summed E-state index contributed by atoms with van der Waals surface area (Å²) in [6.07, 6.45) is 0. The molecule has 0 fully saturated rings. The highest BCUT2D eigenvalue weighted by molar-refractivity contribution is 7.99. The van der Waals surface area contributed by atoms with Gasteiger partial charge in [-0.3, -0.25) is 4.79 Å². The Morgan fingerprint density at radius 3 is 2.43 bits per heavy atom. The third-order valence-electron chi connectivity index (χ3n) is 3.23. The number of nitrogens with one attached hydrogen (secondary N) is 1. The molecule has 2 aromatic carbocycles. The molecule has 0 aromatic heterocycles. The number of halogens is 1.